The van der Waals surface area contributed by atoms with Crippen molar-refractivity contribution < 1.29 is 0 Å². The van der Waals surface area contributed by atoms with Gasteiger partial charge in [0.2, 0.25) is 0 Å². The fourth-order valence-corrected chi connectivity index (χ4v) is 3.65. The van der Waals surface area contributed by atoms with Gasteiger partial charge in [-0.05, 0) is 44.3 Å². The third-order valence-electron chi connectivity index (χ3n) is 4.63. The van der Waals surface area contributed by atoms with Crippen LogP contribution in [0.5, 0.6) is 0 Å². The summed E-state index contributed by atoms with van der Waals surface area (Å²) in [4.78, 5) is 13.1. The number of hydrogen-bond donors (Lipinski definition) is 1. The zero-order chi connectivity index (χ0) is 17.2. The molecule has 1 aliphatic rings. The summed E-state index contributed by atoms with van der Waals surface area (Å²) >= 11 is 1.83. The molecule has 0 amide bonds. The van der Waals surface area contributed by atoms with E-state index in [1.54, 1.807) is 0 Å². The van der Waals surface area contributed by atoms with Gasteiger partial charge in [0, 0.05) is 58.2 Å². The minimum Gasteiger partial charge on any atom is -0.356 e. The topological polar surface area (TPSA) is 34.1 Å². The highest BCUT2D eigenvalue weighted by Gasteiger charge is 2.12. The largest absolute Gasteiger partial charge is 0.356 e. The Labute approximate surface area is 174 Å². The number of piperazine rings is 1. The average molecular weight is 479 g/mol. The zero-order valence-corrected chi connectivity index (χ0v) is 19.1. The number of likely N-dealkylation sites (N-methyl/N-ethyl adjacent to an activating group) is 2. The van der Waals surface area contributed by atoms with Gasteiger partial charge < -0.3 is 20.0 Å². The second kappa shape index (κ2) is 12.9. The molecule has 0 spiro atoms. The molecule has 144 valence electrons. The van der Waals surface area contributed by atoms with Crippen LogP contribution in [0.2, 0.25) is 0 Å². The summed E-state index contributed by atoms with van der Waals surface area (Å²) in [6, 6.07) is 4.32. The molecule has 0 aromatic carbocycles. The van der Waals surface area contributed by atoms with Crippen molar-refractivity contribution in [2.45, 2.75) is 19.3 Å². The van der Waals surface area contributed by atoms with Crippen molar-refractivity contribution in [2.75, 3.05) is 67.0 Å². The van der Waals surface area contributed by atoms with Crippen LogP contribution in [0.25, 0.3) is 0 Å². The SMILES string of the molecule is CN=C(NCCCCN1CCN(C)CC1)N(C)CCc1cccs1.I. The Morgan fingerprint density at radius 1 is 1.28 bits per heavy atom. The Bertz CT molecular complexity index is 472. The van der Waals surface area contributed by atoms with E-state index >= 15 is 0 Å². The van der Waals surface area contributed by atoms with Crippen molar-refractivity contribution in [1.82, 2.24) is 20.0 Å². The average Bonchev–Trinajstić information content (AvgIpc) is 3.11. The van der Waals surface area contributed by atoms with E-state index in [0.717, 1.165) is 25.5 Å². The van der Waals surface area contributed by atoms with Crippen LogP contribution in [0.3, 0.4) is 0 Å². The molecule has 0 atom stereocenters. The maximum absolute atomic E-state index is 4.40. The molecule has 0 aliphatic carbocycles. The quantitative estimate of drug-likeness (QED) is 0.269. The predicted octanol–water partition coefficient (Wildman–Crippen LogP) is 2.44. The van der Waals surface area contributed by atoms with E-state index in [2.05, 4.69) is 56.6 Å². The summed E-state index contributed by atoms with van der Waals surface area (Å²) < 4.78 is 0. The van der Waals surface area contributed by atoms with Gasteiger partial charge in [-0.1, -0.05) is 6.07 Å². The first-order chi connectivity index (χ1) is 11.7. The highest BCUT2D eigenvalue weighted by Crippen LogP contribution is 2.09. The number of unbranched alkanes of at least 4 members (excludes halogenated alkanes) is 1. The fourth-order valence-electron chi connectivity index (χ4n) is 2.96. The summed E-state index contributed by atoms with van der Waals surface area (Å²) in [5.41, 5.74) is 0. The van der Waals surface area contributed by atoms with Gasteiger partial charge in [0.1, 0.15) is 0 Å². The Morgan fingerprint density at radius 2 is 2.04 bits per heavy atom. The van der Waals surface area contributed by atoms with Crippen LogP contribution in [0, 0.1) is 0 Å². The Kier molecular flexibility index (Phi) is 11.7. The third kappa shape index (κ3) is 8.70. The van der Waals surface area contributed by atoms with Gasteiger partial charge in [0.05, 0.1) is 0 Å². The van der Waals surface area contributed by atoms with E-state index in [1.165, 1.54) is 50.4 Å². The molecule has 1 saturated heterocycles. The summed E-state index contributed by atoms with van der Waals surface area (Å²) in [7, 11) is 6.20. The van der Waals surface area contributed by atoms with Crippen LogP contribution in [-0.4, -0.2) is 87.6 Å². The molecule has 1 N–H and O–H groups in total. The molecular weight excluding hydrogens is 445 g/mol. The number of hydrogen-bond acceptors (Lipinski definition) is 4. The summed E-state index contributed by atoms with van der Waals surface area (Å²) in [6.45, 7) is 8.08. The van der Waals surface area contributed by atoms with Crippen LogP contribution < -0.4 is 5.32 Å². The number of aliphatic imine (C=N–C) groups is 1. The molecule has 7 heteroatoms. The smallest absolute Gasteiger partial charge is 0.193 e. The minimum absolute atomic E-state index is 0. The Balaban J connectivity index is 0.00000312. The van der Waals surface area contributed by atoms with E-state index in [1.807, 2.05) is 18.4 Å². The van der Waals surface area contributed by atoms with Crippen molar-refractivity contribution in [1.29, 1.82) is 0 Å². The zero-order valence-electron chi connectivity index (χ0n) is 15.9. The summed E-state index contributed by atoms with van der Waals surface area (Å²) in [5.74, 6) is 1.01. The number of guanidine groups is 1. The highest BCUT2D eigenvalue weighted by atomic mass is 127. The number of thiophene rings is 1. The maximum atomic E-state index is 4.40. The number of nitrogens with one attached hydrogen (secondary N) is 1. The molecule has 0 unspecified atom stereocenters. The van der Waals surface area contributed by atoms with E-state index in [4.69, 9.17) is 0 Å². The van der Waals surface area contributed by atoms with Crippen molar-refractivity contribution >= 4 is 41.3 Å². The number of halogens is 1. The first kappa shape index (κ1) is 22.7. The molecule has 0 saturated carbocycles. The molecule has 1 aromatic heterocycles. The first-order valence-corrected chi connectivity index (χ1v) is 9.92. The second-order valence-electron chi connectivity index (χ2n) is 6.58. The van der Waals surface area contributed by atoms with Gasteiger partial charge >= 0.3 is 0 Å². The molecule has 5 nitrogen and oxygen atoms in total. The molecular formula is C18H34IN5S. The monoisotopic (exact) mass is 479 g/mol. The summed E-state index contributed by atoms with van der Waals surface area (Å²) in [6.07, 6.45) is 3.54. The van der Waals surface area contributed by atoms with Crippen molar-refractivity contribution in [3.63, 3.8) is 0 Å². The van der Waals surface area contributed by atoms with Crippen molar-refractivity contribution in [3.8, 4) is 0 Å². The molecule has 2 heterocycles. The Hall–Kier alpha value is -0.380. The minimum atomic E-state index is 0. The second-order valence-corrected chi connectivity index (χ2v) is 7.61. The molecule has 1 fully saturated rings. The normalized spacial score (nSPS) is 16.5. The lowest BCUT2D eigenvalue weighted by Crippen LogP contribution is -2.44. The van der Waals surface area contributed by atoms with Crippen molar-refractivity contribution in [2.24, 2.45) is 4.99 Å². The number of nitrogens with zero attached hydrogens (tertiary/aromatic N) is 4. The van der Waals surface area contributed by atoms with Gasteiger partial charge in [0.15, 0.2) is 5.96 Å². The molecule has 2 rings (SSSR count). The molecule has 25 heavy (non-hydrogen) atoms. The lowest BCUT2D eigenvalue weighted by molar-refractivity contribution is 0.152. The van der Waals surface area contributed by atoms with Crippen LogP contribution in [-0.2, 0) is 6.42 Å². The van der Waals surface area contributed by atoms with E-state index < -0.39 is 0 Å². The van der Waals surface area contributed by atoms with Crippen LogP contribution in [0.15, 0.2) is 22.5 Å². The molecule has 0 bridgehead atoms. The molecule has 0 radical (unpaired) electrons. The lowest BCUT2D eigenvalue weighted by atomic mass is 10.2. The van der Waals surface area contributed by atoms with Crippen molar-refractivity contribution in [3.05, 3.63) is 22.4 Å². The fraction of sp³-hybridized carbons (Fsp3) is 0.722. The van der Waals surface area contributed by atoms with Gasteiger partial charge in [-0.25, -0.2) is 0 Å². The van der Waals surface area contributed by atoms with Gasteiger partial charge in [-0.2, -0.15) is 0 Å². The third-order valence-corrected chi connectivity index (χ3v) is 5.56. The summed E-state index contributed by atoms with van der Waals surface area (Å²) in [5, 5.41) is 5.64. The maximum Gasteiger partial charge on any atom is 0.193 e. The van der Waals surface area contributed by atoms with Crippen LogP contribution in [0.4, 0.5) is 0 Å². The molecule has 1 aliphatic heterocycles. The van der Waals surface area contributed by atoms with Gasteiger partial charge in [0.25, 0.3) is 0 Å². The lowest BCUT2D eigenvalue weighted by Gasteiger charge is -2.32. The van der Waals surface area contributed by atoms with E-state index in [0.29, 0.717) is 0 Å². The predicted molar refractivity (Wildman–Crippen MR) is 121 cm³/mol. The standard InChI is InChI=1S/C18H33N5S.HI/c1-19-18(22(3)11-8-17-7-6-16-24-17)20-9-4-5-10-23-14-12-21(2)13-15-23;/h6-7,16H,4-5,8-15H2,1-3H3,(H,19,20);1H. The first-order valence-electron chi connectivity index (χ1n) is 9.04. The van der Waals surface area contributed by atoms with Gasteiger partial charge in [-0.15, -0.1) is 35.3 Å². The van der Waals surface area contributed by atoms with E-state index in [9.17, 15) is 0 Å². The number of rotatable bonds is 8. The van der Waals surface area contributed by atoms with Gasteiger partial charge in [-0.3, -0.25) is 4.99 Å². The highest BCUT2D eigenvalue weighted by molar-refractivity contribution is 14.0. The Morgan fingerprint density at radius 3 is 2.68 bits per heavy atom. The molecule has 1 aromatic rings. The van der Waals surface area contributed by atoms with E-state index in [-0.39, 0.29) is 24.0 Å². The van der Waals surface area contributed by atoms with Crippen LogP contribution in [0.1, 0.15) is 17.7 Å². The van der Waals surface area contributed by atoms with Crippen LogP contribution >= 0.6 is 35.3 Å².